The van der Waals surface area contributed by atoms with Gasteiger partial charge in [-0.25, -0.2) is 18.2 Å². The number of aryl methyl sites for hydroxylation is 1. The van der Waals surface area contributed by atoms with Crippen LogP contribution in [-0.4, -0.2) is 63.0 Å². The van der Waals surface area contributed by atoms with Crippen molar-refractivity contribution in [1.29, 1.82) is 0 Å². The molecule has 1 aliphatic rings. The van der Waals surface area contributed by atoms with E-state index >= 15 is 0 Å². The fourth-order valence-corrected chi connectivity index (χ4v) is 5.97. The molecule has 2 heterocycles. The number of thiazole rings is 1. The van der Waals surface area contributed by atoms with Crippen LogP contribution in [0.15, 0.2) is 35.7 Å². The van der Waals surface area contributed by atoms with Crippen molar-refractivity contribution in [2.75, 3.05) is 32.7 Å². The van der Waals surface area contributed by atoms with Gasteiger partial charge in [-0.05, 0) is 31.9 Å². The zero-order chi connectivity index (χ0) is 24.2. The highest BCUT2D eigenvalue weighted by Gasteiger charge is 2.40. The van der Waals surface area contributed by atoms with Gasteiger partial charge in [0, 0.05) is 12.6 Å². The molecule has 0 radical (unpaired) electrons. The predicted molar refractivity (Wildman–Crippen MR) is 122 cm³/mol. The first kappa shape index (κ1) is 24.7. The van der Waals surface area contributed by atoms with E-state index in [1.54, 1.807) is 6.92 Å². The maximum atomic E-state index is 13.3. The number of nitrogens with one attached hydrogen (secondary N) is 1. The van der Waals surface area contributed by atoms with Gasteiger partial charge in [-0.2, -0.15) is 4.31 Å². The first-order valence-corrected chi connectivity index (χ1v) is 12.3. The van der Waals surface area contributed by atoms with Crippen molar-refractivity contribution in [3.8, 4) is 11.5 Å². The van der Waals surface area contributed by atoms with Gasteiger partial charge in [-0.1, -0.05) is 24.0 Å². The van der Waals surface area contributed by atoms with Gasteiger partial charge >= 0.3 is 5.97 Å². The smallest absolute Gasteiger partial charge is 0.350 e. The molecule has 1 unspecified atom stereocenters. The van der Waals surface area contributed by atoms with Crippen LogP contribution < -0.4 is 14.8 Å². The normalized spacial score (nSPS) is 16.3. The summed E-state index contributed by atoms with van der Waals surface area (Å²) < 4.78 is 43.1. The number of benzene rings is 1. The second-order valence-corrected chi connectivity index (χ2v) is 9.99. The van der Waals surface area contributed by atoms with E-state index in [1.807, 2.05) is 0 Å². The first-order chi connectivity index (χ1) is 15.7. The molecule has 12 heteroatoms. The van der Waals surface area contributed by atoms with Gasteiger partial charge in [0.05, 0.1) is 24.8 Å². The van der Waals surface area contributed by atoms with E-state index in [2.05, 4.69) is 16.9 Å². The number of anilines is 1. The number of hydrogen-bond acceptors (Lipinski definition) is 9. The van der Waals surface area contributed by atoms with Crippen molar-refractivity contribution >= 4 is 38.4 Å². The van der Waals surface area contributed by atoms with E-state index in [1.165, 1.54) is 42.8 Å². The second kappa shape index (κ2) is 10.3. The van der Waals surface area contributed by atoms with E-state index in [0.29, 0.717) is 24.3 Å². The van der Waals surface area contributed by atoms with Gasteiger partial charge in [-0.15, -0.1) is 0 Å². The van der Waals surface area contributed by atoms with Gasteiger partial charge < -0.3 is 19.5 Å². The van der Waals surface area contributed by atoms with E-state index in [4.69, 9.17) is 14.2 Å². The van der Waals surface area contributed by atoms with E-state index in [0.717, 1.165) is 11.3 Å². The predicted octanol–water partition coefficient (Wildman–Crippen LogP) is 2.60. The number of sulfonamides is 1. The van der Waals surface area contributed by atoms with Crippen LogP contribution in [-0.2, 0) is 19.6 Å². The zero-order valence-electron chi connectivity index (χ0n) is 18.5. The number of esters is 1. The minimum absolute atomic E-state index is 0.00260. The molecule has 0 bridgehead atoms. The Balaban J connectivity index is 1.79. The monoisotopic (exact) mass is 495 g/mol. The Kier molecular flexibility index (Phi) is 7.72. The van der Waals surface area contributed by atoms with Crippen LogP contribution in [0.1, 0.15) is 28.2 Å². The van der Waals surface area contributed by atoms with Crippen molar-refractivity contribution in [2.24, 2.45) is 0 Å². The minimum atomic E-state index is -3.97. The largest absolute Gasteiger partial charge is 0.493 e. The molecular formula is C21H25N3O7S2. The van der Waals surface area contributed by atoms with Crippen LogP contribution in [0.4, 0.5) is 5.13 Å². The van der Waals surface area contributed by atoms with Crippen LogP contribution in [0, 0.1) is 6.92 Å². The van der Waals surface area contributed by atoms with Crippen LogP contribution in [0.2, 0.25) is 0 Å². The second-order valence-electron chi connectivity index (χ2n) is 7.10. The number of carbonyl (C=O) groups is 2. The van der Waals surface area contributed by atoms with E-state index < -0.39 is 27.9 Å². The van der Waals surface area contributed by atoms with Gasteiger partial charge in [0.2, 0.25) is 15.9 Å². The highest BCUT2D eigenvalue weighted by molar-refractivity contribution is 7.89. The van der Waals surface area contributed by atoms with Gasteiger partial charge in [0.25, 0.3) is 0 Å². The molecule has 1 fully saturated rings. The fourth-order valence-electron chi connectivity index (χ4n) is 3.43. The molecule has 1 aromatic carbocycles. The topological polar surface area (TPSA) is 124 Å². The third-order valence-electron chi connectivity index (χ3n) is 5.01. The third kappa shape index (κ3) is 5.18. The minimum Gasteiger partial charge on any atom is -0.493 e. The number of hydrogen-bond donors (Lipinski definition) is 1. The fraction of sp³-hybridized carbons (Fsp3) is 0.381. The molecule has 1 aromatic heterocycles. The number of amides is 1. The first-order valence-electron chi connectivity index (χ1n) is 10.0. The summed E-state index contributed by atoms with van der Waals surface area (Å²) in [5.74, 6) is -0.415. The molecule has 2 aromatic rings. The number of nitrogens with zero attached hydrogens (tertiary/aromatic N) is 2. The summed E-state index contributed by atoms with van der Waals surface area (Å²) in [6, 6.07) is 3.37. The van der Waals surface area contributed by atoms with Crippen molar-refractivity contribution < 1.29 is 32.2 Å². The Morgan fingerprint density at radius 1 is 1.30 bits per heavy atom. The molecular weight excluding hydrogens is 470 g/mol. The molecule has 33 heavy (non-hydrogen) atoms. The average molecular weight is 496 g/mol. The third-order valence-corrected chi connectivity index (χ3v) is 7.97. The standard InChI is InChI=1S/C21H25N3O7S2/c1-5-11-31-20(26)18-13(2)22-21(32-18)23-19(25)15-7-6-10-24(15)33(27,28)14-8-9-16(29-3)17(12-14)30-4/h5,8-9,12,15H,1,6-7,10-11H2,2-4H3,(H,22,23,25). The molecule has 0 spiro atoms. The Morgan fingerprint density at radius 2 is 2.03 bits per heavy atom. The van der Waals surface area contributed by atoms with Crippen LogP contribution in [0.3, 0.4) is 0 Å². The Labute approximate surface area is 196 Å². The quantitative estimate of drug-likeness (QED) is 0.416. The summed E-state index contributed by atoms with van der Waals surface area (Å²) in [7, 11) is -1.10. The molecule has 1 aliphatic heterocycles. The number of ether oxygens (including phenoxy) is 3. The maximum absolute atomic E-state index is 13.3. The number of carbonyl (C=O) groups excluding carboxylic acids is 2. The highest BCUT2D eigenvalue weighted by Crippen LogP contribution is 2.33. The Bertz CT molecular complexity index is 1160. The Morgan fingerprint density at radius 3 is 2.70 bits per heavy atom. The lowest BCUT2D eigenvalue weighted by atomic mass is 10.2. The molecule has 3 rings (SSSR count). The maximum Gasteiger partial charge on any atom is 0.350 e. The van der Waals surface area contributed by atoms with Gasteiger partial charge in [0.15, 0.2) is 16.6 Å². The molecule has 0 saturated carbocycles. The summed E-state index contributed by atoms with van der Waals surface area (Å²) in [6.45, 7) is 5.37. The van der Waals surface area contributed by atoms with Crippen molar-refractivity contribution in [3.05, 3.63) is 41.4 Å². The molecule has 1 saturated heterocycles. The van der Waals surface area contributed by atoms with Crippen molar-refractivity contribution in [3.63, 3.8) is 0 Å². The summed E-state index contributed by atoms with van der Waals surface area (Å²) in [4.78, 5) is 29.5. The van der Waals surface area contributed by atoms with Crippen LogP contribution in [0.5, 0.6) is 11.5 Å². The molecule has 1 N–H and O–H groups in total. The lowest BCUT2D eigenvalue weighted by molar-refractivity contribution is -0.119. The molecule has 1 atom stereocenters. The molecule has 10 nitrogen and oxygen atoms in total. The lowest BCUT2D eigenvalue weighted by Crippen LogP contribution is -2.43. The lowest BCUT2D eigenvalue weighted by Gasteiger charge is -2.23. The molecule has 178 valence electrons. The van der Waals surface area contributed by atoms with E-state index in [9.17, 15) is 18.0 Å². The van der Waals surface area contributed by atoms with Gasteiger partial charge in [-0.3, -0.25) is 4.79 Å². The number of methoxy groups -OCH3 is 2. The number of aromatic nitrogens is 1. The number of rotatable bonds is 9. The SMILES string of the molecule is C=CCOC(=O)c1sc(NC(=O)C2CCCN2S(=O)(=O)c2ccc(OC)c(OC)c2)nc1C. The van der Waals surface area contributed by atoms with Crippen LogP contribution >= 0.6 is 11.3 Å². The highest BCUT2D eigenvalue weighted by atomic mass is 32.2. The van der Waals surface area contributed by atoms with E-state index in [-0.39, 0.29) is 33.8 Å². The average Bonchev–Trinajstić information content (AvgIpc) is 3.44. The summed E-state index contributed by atoms with van der Waals surface area (Å²) in [6.07, 6.45) is 2.34. The van der Waals surface area contributed by atoms with Gasteiger partial charge in [0.1, 0.15) is 17.5 Å². The van der Waals surface area contributed by atoms with Crippen molar-refractivity contribution in [1.82, 2.24) is 9.29 Å². The van der Waals surface area contributed by atoms with Crippen molar-refractivity contribution in [2.45, 2.75) is 30.7 Å². The zero-order valence-corrected chi connectivity index (χ0v) is 20.1. The van der Waals surface area contributed by atoms with Crippen LogP contribution in [0.25, 0.3) is 0 Å². The molecule has 1 amide bonds. The summed E-state index contributed by atoms with van der Waals surface area (Å²) in [5, 5.41) is 2.83. The summed E-state index contributed by atoms with van der Waals surface area (Å²) in [5.41, 5.74) is 0.408. The molecule has 0 aliphatic carbocycles. The summed E-state index contributed by atoms with van der Waals surface area (Å²) >= 11 is 0.969. The Hall–Kier alpha value is -2.96.